The molecule has 3 rings (SSSR count). The maximum absolute atomic E-state index is 5.93. The Labute approximate surface area is 110 Å². The fraction of sp³-hybridized carbons (Fsp3) is 0.333. The average molecular weight is 265 g/mol. The van der Waals surface area contributed by atoms with E-state index in [2.05, 4.69) is 14.9 Å². The van der Waals surface area contributed by atoms with Gasteiger partial charge in [0.15, 0.2) is 5.82 Å². The molecule has 0 spiro atoms. The molecule has 2 N–H and O–H groups in total. The first-order chi connectivity index (χ1) is 8.74. The van der Waals surface area contributed by atoms with Gasteiger partial charge in [0.2, 0.25) is 5.28 Å². The number of aromatic nitrogens is 2. The van der Waals surface area contributed by atoms with E-state index in [-0.39, 0.29) is 5.28 Å². The molecule has 1 aliphatic carbocycles. The van der Waals surface area contributed by atoms with Crippen LogP contribution in [0.4, 0.5) is 11.5 Å². The Kier molecular flexibility index (Phi) is 2.83. The zero-order valence-electron chi connectivity index (χ0n) is 9.71. The highest BCUT2D eigenvalue weighted by molar-refractivity contribution is 6.28. The molecule has 0 aliphatic heterocycles. The smallest absolute Gasteiger partial charge is 0.224 e. The van der Waals surface area contributed by atoms with Gasteiger partial charge in [0, 0.05) is 6.04 Å². The molecule has 0 radical (unpaired) electrons. The third kappa shape index (κ3) is 2.26. The van der Waals surface area contributed by atoms with Crippen molar-refractivity contribution in [2.24, 2.45) is 0 Å². The molecule has 0 unspecified atom stereocenters. The van der Waals surface area contributed by atoms with E-state index >= 15 is 0 Å². The minimum absolute atomic E-state index is 0.212. The number of hydrogen-bond donors (Lipinski definition) is 1. The van der Waals surface area contributed by atoms with E-state index in [4.69, 9.17) is 21.8 Å². The Bertz CT molecular complexity index is 539. The lowest BCUT2D eigenvalue weighted by molar-refractivity contribution is 0.500. The molecule has 0 saturated heterocycles. The molecular weight excluding hydrogens is 252 g/mol. The number of furan rings is 1. The molecule has 0 aromatic carbocycles. The number of nitrogens with zero attached hydrogens (tertiary/aromatic N) is 3. The van der Waals surface area contributed by atoms with E-state index in [0.29, 0.717) is 24.1 Å². The molecule has 5 nitrogen and oxygen atoms in total. The SMILES string of the molecule is Nc1cnc(Cl)nc1N(Cc1ccco1)C1CC1. The Balaban J connectivity index is 1.91. The summed E-state index contributed by atoms with van der Waals surface area (Å²) >= 11 is 5.84. The summed E-state index contributed by atoms with van der Waals surface area (Å²) < 4.78 is 5.37. The summed E-state index contributed by atoms with van der Waals surface area (Å²) in [5.74, 6) is 1.57. The van der Waals surface area contributed by atoms with Gasteiger partial charge in [-0.05, 0) is 36.6 Å². The Morgan fingerprint density at radius 1 is 1.50 bits per heavy atom. The van der Waals surface area contributed by atoms with Crippen LogP contribution in [0, 0.1) is 0 Å². The highest BCUT2D eigenvalue weighted by Crippen LogP contribution is 2.35. The molecule has 1 saturated carbocycles. The van der Waals surface area contributed by atoms with Gasteiger partial charge in [0.1, 0.15) is 5.76 Å². The first-order valence-electron chi connectivity index (χ1n) is 5.81. The van der Waals surface area contributed by atoms with Gasteiger partial charge in [-0.15, -0.1) is 0 Å². The van der Waals surface area contributed by atoms with E-state index in [1.54, 1.807) is 12.5 Å². The van der Waals surface area contributed by atoms with Gasteiger partial charge in [-0.2, -0.15) is 4.98 Å². The molecule has 2 aromatic heterocycles. The number of nitrogens with two attached hydrogens (primary N) is 1. The number of nitrogen functional groups attached to an aromatic ring is 1. The lowest BCUT2D eigenvalue weighted by Crippen LogP contribution is -2.27. The van der Waals surface area contributed by atoms with Crippen molar-refractivity contribution in [3.8, 4) is 0 Å². The summed E-state index contributed by atoms with van der Waals surface area (Å²) in [4.78, 5) is 10.2. The molecule has 0 amide bonds. The standard InChI is InChI=1S/C12H13ClN4O/c13-12-15-6-10(14)11(16-12)17(8-3-4-8)7-9-2-1-5-18-9/h1-2,5-6,8H,3-4,7,14H2. The van der Waals surface area contributed by atoms with Crippen LogP contribution >= 0.6 is 11.6 Å². The van der Waals surface area contributed by atoms with E-state index in [9.17, 15) is 0 Å². The van der Waals surface area contributed by atoms with Crippen LogP contribution in [-0.4, -0.2) is 16.0 Å². The fourth-order valence-corrected chi connectivity index (χ4v) is 2.05. The normalized spacial score (nSPS) is 14.7. The minimum Gasteiger partial charge on any atom is -0.467 e. The van der Waals surface area contributed by atoms with Crippen molar-refractivity contribution in [2.75, 3.05) is 10.6 Å². The number of hydrogen-bond acceptors (Lipinski definition) is 5. The molecule has 1 aliphatic rings. The third-order valence-corrected chi connectivity index (χ3v) is 3.11. The van der Waals surface area contributed by atoms with Gasteiger partial charge >= 0.3 is 0 Å². The molecular formula is C12H13ClN4O. The summed E-state index contributed by atoms with van der Waals surface area (Å²) in [5.41, 5.74) is 6.47. The van der Waals surface area contributed by atoms with Crippen molar-refractivity contribution in [3.63, 3.8) is 0 Å². The van der Waals surface area contributed by atoms with Crippen molar-refractivity contribution >= 4 is 23.1 Å². The van der Waals surface area contributed by atoms with E-state index in [1.807, 2.05) is 12.1 Å². The van der Waals surface area contributed by atoms with Crippen molar-refractivity contribution in [3.05, 3.63) is 35.6 Å². The van der Waals surface area contributed by atoms with Crippen LogP contribution in [0.2, 0.25) is 5.28 Å². The fourth-order valence-electron chi connectivity index (χ4n) is 1.92. The second kappa shape index (κ2) is 4.49. The largest absolute Gasteiger partial charge is 0.467 e. The minimum atomic E-state index is 0.212. The number of anilines is 2. The molecule has 0 bridgehead atoms. The molecule has 94 valence electrons. The molecule has 6 heteroatoms. The van der Waals surface area contributed by atoms with E-state index in [0.717, 1.165) is 18.6 Å². The summed E-state index contributed by atoms with van der Waals surface area (Å²) in [7, 11) is 0. The van der Waals surface area contributed by atoms with Crippen molar-refractivity contribution in [1.82, 2.24) is 9.97 Å². The van der Waals surface area contributed by atoms with Crippen molar-refractivity contribution in [2.45, 2.75) is 25.4 Å². The van der Waals surface area contributed by atoms with Gasteiger partial charge in [-0.1, -0.05) is 0 Å². The molecule has 2 aromatic rings. The lowest BCUT2D eigenvalue weighted by Gasteiger charge is -2.23. The van der Waals surface area contributed by atoms with Crippen molar-refractivity contribution < 1.29 is 4.42 Å². The Morgan fingerprint density at radius 3 is 3.00 bits per heavy atom. The summed E-state index contributed by atoms with van der Waals surface area (Å²) in [6, 6.07) is 4.27. The second-order valence-electron chi connectivity index (χ2n) is 4.36. The highest BCUT2D eigenvalue weighted by Gasteiger charge is 2.32. The van der Waals surface area contributed by atoms with Crippen LogP contribution in [0.15, 0.2) is 29.0 Å². The van der Waals surface area contributed by atoms with Crippen LogP contribution in [0.5, 0.6) is 0 Å². The van der Waals surface area contributed by atoms with Gasteiger partial charge < -0.3 is 15.1 Å². The quantitative estimate of drug-likeness (QED) is 0.859. The summed E-state index contributed by atoms with van der Waals surface area (Å²) in [5, 5.41) is 0.212. The van der Waals surface area contributed by atoms with Crippen LogP contribution < -0.4 is 10.6 Å². The molecule has 2 heterocycles. The topological polar surface area (TPSA) is 68.2 Å². The monoisotopic (exact) mass is 264 g/mol. The van der Waals surface area contributed by atoms with Crippen LogP contribution in [0.1, 0.15) is 18.6 Å². The summed E-state index contributed by atoms with van der Waals surface area (Å²) in [6.45, 7) is 0.648. The van der Waals surface area contributed by atoms with Gasteiger partial charge in [-0.25, -0.2) is 4.98 Å². The first-order valence-corrected chi connectivity index (χ1v) is 6.19. The highest BCUT2D eigenvalue weighted by atomic mass is 35.5. The maximum Gasteiger partial charge on any atom is 0.224 e. The van der Waals surface area contributed by atoms with E-state index in [1.165, 1.54) is 0 Å². The zero-order valence-corrected chi connectivity index (χ0v) is 10.5. The predicted octanol–water partition coefficient (Wildman–Crippen LogP) is 2.47. The molecule has 18 heavy (non-hydrogen) atoms. The average Bonchev–Trinajstić information content (AvgIpc) is 3.07. The second-order valence-corrected chi connectivity index (χ2v) is 4.69. The maximum atomic E-state index is 5.93. The zero-order chi connectivity index (χ0) is 12.5. The van der Waals surface area contributed by atoms with Crippen LogP contribution in [0.25, 0.3) is 0 Å². The lowest BCUT2D eigenvalue weighted by atomic mass is 10.3. The van der Waals surface area contributed by atoms with Crippen molar-refractivity contribution in [1.29, 1.82) is 0 Å². The summed E-state index contributed by atoms with van der Waals surface area (Å²) in [6.07, 6.45) is 5.49. The van der Waals surface area contributed by atoms with E-state index < -0.39 is 0 Å². The Morgan fingerprint density at radius 2 is 2.33 bits per heavy atom. The molecule has 0 atom stereocenters. The first kappa shape index (κ1) is 11.3. The third-order valence-electron chi connectivity index (χ3n) is 2.93. The van der Waals surface area contributed by atoms with Gasteiger partial charge in [0.05, 0.1) is 24.7 Å². The predicted molar refractivity (Wildman–Crippen MR) is 69.4 cm³/mol. The van der Waals surface area contributed by atoms with Gasteiger partial charge in [-0.3, -0.25) is 0 Å². The number of rotatable bonds is 4. The van der Waals surface area contributed by atoms with Gasteiger partial charge in [0.25, 0.3) is 0 Å². The van der Waals surface area contributed by atoms with Crippen LogP contribution in [0.3, 0.4) is 0 Å². The van der Waals surface area contributed by atoms with Crippen LogP contribution in [-0.2, 0) is 6.54 Å². The Hall–Kier alpha value is -1.75. The number of halogens is 1. The molecule has 1 fully saturated rings.